The van der Waals surface area contributed by atoms with Gasteiger partial charge in [0.15, 0.2) is 0 Å². The summed E-state index contributed by atoms with van der Waals surface area (Å²) in [7, 11) is 1.81. The van der Waals surface area contributed by atoms with Crippen molar-refractivity contribution in [3.8, 4) is 0 Å². The number of likely N-dealkylation sites (N-methyl/N-ethyl adjacent to an activating group) is 1. The van der Waals surface area contributed by atoms with E-state index in [0.29, 0.717) is 6.54 Å². The molecule has 0 fully saturated rings. The Morgan fingerprint density at radius 2 is 1.80 bits per heavy atom. The number of hydrogen-bond donors (Lipinski definition) is 1. The topological polar surface area (TPSA) is 46.3 Å². The van der Waals surface area contributed by atoms with Crippen molar-refractivity contribution in [2.24, 2.45) is 11.7 Å². The van der Waals surface area contributed by atoms with Crippen molar-refractivity contribution < 1.29 is 4.79 Å². The molecule has 0 spiro atoms. The average Bonchev–Trinajstić information content (AvgIpc) is 2.46. The Morgan fingerprint density at radius 3 is 2.50 bits per heavy atom. The van der Waals surface area contributed by atoms with Crippen LogP contribution in [-0.4, -0.2) is 23.9 Å². The van der Waals surface area contributed by atoms with Crippen molar-refractivity contribution in [3.63, 3.8) is 0 Å². The fourth-order valence-corrected chi connectivity index (χ4v) is 2.30. The van der Waals surface area contributed by atoms with Gasteiger partial charge < -0.3 is 10.6 Å². The summed E-state index contributed by atoms with van der Waals surface area (Å²) in [4.78, 5) is 13.9. The summed E-state index contributed by atoms with van der Waals surface area (Å²) < 4.78 is 0. The van der Waals surface area contributed by atoms with Crippen LogP contribution in [0.25, 0.3) is 10.8 Å². The number of carbonyl (C=O) groups excluding carboxylic acids is 1. The molecular weight excluding hydrogens is 248 g/mol. The Hall–Kier alpha value is -1.87. The third kappa shape index (κ3) is 2.99. The zero-order valence-corrected chi connectivity index (χ0v) is 12.3. The maximum absolute atomic E-state index is 12.2. The van der Waals surface area contributed by atoms with Gasteiger partial charge in [0.2, 0.25) is 5.91 Å². The Labute approximate surface area is 120 Å². The predicted octanol–water partition coefficient (Wildman–Crippen LogP) is 2.78. The van der Waals surface area contributed by atoms with Gasteiger partial charge in [-0.05, 0) is 22.3 Å². The second-order valence-electron chi connectivity index (χ2n) is 5.60. The molecule has 3 heteroatoms. The highest BCUT2D eigenvalue weighted by molar-refractivity contribution is 5.86. The van der Waals surface area contributed by atoms with Crippen LogP contribution >= 0.6 is 0 Å². The molecule has 20 heavy (non-hydrogen) atoms. The fourth-order valence-electron chi connectivity index (χ4n) is 2.30. The number of carbonyl (C=O) groups is 1. The van der Waals surface area contributed by atoms with Crippen molar-refractivity contribution in [1.82, 2.24) is 4.90 Å². The van der Waals surface area contributed by atoms with Crippen molar-refractivity contribution >= 4 is 16.7 Å². The molecule has 0 aliphatic rings. The van der Waals surface area contributed by atoms with Gasteiger partial charge in [-0.15, -0.1) is 0 Å². The van der Waals surface area contributed by atoms with E-state index in [1.807, 2.05) is 39.1 Å². The molecule has 0 saturated heterocycles. The molecule has 106 valence electrons. The third-order valence-electron chi connectivity index (χ3n) is 3.67. The van der Waals surface area contributed by atoms with E-state index in [1.165, 1.54) is 10.8 Å². The van der Waals surface area contributed by atoms with Gasteiger partial charge >= 0.3 is 0 Å². The fraction of sp³-hybridized carbons (Fsp3) is 0.353. The van der Waals surface area contributed by atoms with Gasteiger partial charge in [0.1, 0.15) is 0 Å². The molecular formula is C17H22N2O. The molecule has 3 nitrogen and oxygen atoms in total. The van der Waals surface area contributed by atoms with Gasteiger partial charge in [-0.25, -0.2) is 0 Å². The summed E-state index contributed by atoms with van der Waals surface area (Å²) in [5.41, 5.74) is 7.08. The lowest BCUT2D eigenvalue weighted by Crippen LogP contribution is -2.44. The van der Waals surface area contributed by atoms with Gasteiger partial charge in [0, 0.05) is 13.6 Å². The first-order chi connectivity index (χ1) is 9.50. The summed E-state index contributed by atoms with van der Waals surface area (Å²) in [5, 5.41) is 2.38. The first-order valence-corrected chi connectivity index (χ1v) is 6.98. The molecule has 2 N–H and O–H groups in total. The summed E-state index contributed by atoms with van der Waals surface area (Å²) >= 11 is 0. The van der Waals surface area contributed by atoms with Crippen molar-refractivity contribution in [3.05, 3.63) is 48.0 Å². The van der Waals surface area contributed by atoms with Crippen LogP contribution in [0, 0.1) is 5.92 Å². The van der Waals surface area contributed by atoms with Crippen LogP contribution in [0.5, 0.6) is 0 Å². The van der Waals surface area contributed by atoms with Gasteiger partial charge in [-0.2, -0.15) is 0 Å². The SMILES string of the molecule is CC(C)[C@H](N)C(=O)N(C)Cc1cccc2ccccc12. The Bertz CT molecular complexity index is 601. The minimum Gasteiger partial charge on any atom is -0.340 e. The molecule has 0 unspecified atom stereocenters. The average molecular weight is 270 g/mol. The van der Waals surface area contributed by atoms with Crippen LogP contribution in [0.2, 0.25) is 0 Å². The highest BCUT2D eigenvalue weighted by atomic mass is 16.2. The molecule has 0 aromatic heterocycles. The van der Waals surface area contributed by atoms with Crippen LogP contribution in [0.15, 0.2) is 42.5 Å². The number of amides is 1. The highest BCUT2D eigenvalue weighted by Crippen LogP contribution is 2.20. The first kappa shape index (κ1) is 14.5. The van der Waals surface area contributed by atoms with E-state index >= 15 is 0 Å². The normalized spacial score (nSPS) is 12.7. The molecule has 2 aromatic carbocycles. The standard InChI is InChI=1S/C17H22N2O/c1-12(2)16(18)17(20)19(3)11-14-9-6-8-13-7-4-5-10-15(13)14/h4-10,12,16H,11,18H2,1-3H3/t16-/m0/s1. The van der Waals surface area contributed by atoms with Crippen LogP contribution < -0.4 is 5.73 Å². The van der Waals surface area contributed by atoms with Crippen LogP contribution in [0.3, 0.4) is 0 Å². The molecule has 0 saturated carbocycles. The number of hydrogen-bond acceptors (Lipinski definition) is 2. The van der Waals surface area contributed by atoms with E-state index in [2.05, 4.69) is 24.3 Å². The van der Waals surface area contributed by atoms with Crippen LogP contribution in [-0.2, 0) is 11.3 Å². The van der Waals surface area contributed by atoms with Gasteiger partial charge in [-0.3, -0.25) is 4.79 Å². The second-order valence-corrected chi connectivity index (χ2v) is 5.60. The molecule has 0 radical (unpaired) electrons. The number of nitrogens with two attached hydrogens (primary N) is 1. The summed E-state index contributed by atoms with van der Waals surface area (Å²) in [6.07, 6.45) is 0. The van der Waals surface area contributed by atoms with Crippen molar-refractivity contribution in [1.29, 1.82) is 0 Å². The molecule has 0 bridgehead atoms. The number of rotatable bonds is 4. The van der Waals surface area contributed by atoms with Crippen molar-refractivity contribution in [2.75, 3.05) is 7.05 Å². The Morgan fingerprint density at radius 1 is 1.15 bits per heavy atom. The zero-order valence-electron chi connectivity index (χ0n) is 12.3. The lowest BCUT2D eigenvalue weighted by Gasteiger charge is -2.24. The number of nitrogens with zero attached hydrogens (tertiary/aromatic N) is 1. The molecule has 1 amide bonds. The van der Waals surface area contributed by atoms with Gasteiger partial charge in [-0.1, -0.05) is 56.3 Å². The first-order valence-electron chi connectivity index (χ1n) is 6.98. The van der Waals surface area contributed by atoms with Crippen molar-refractivity contribution in [2.45, 2.75) is 26.4 Å². The molecule has 0 aliphatic heterocycles. The maximum Gasteiger partial charge on any atom is 0.239 e. The molecule has 2 aromatic rings. The van der Waals surface area contributed by atoms with E-state index in [-0.39, 0.29) is 11.8 Å². The predicted molar refractivity (Wildman–Crippen MR) is 83.2 cm³/mol. The van der Waals surface area contributed by atoms with E-state index in [0.717, 1.165) is 5.56 Å². The lowest BCUT2D eigenvalue weighted by atomic mass is 10.0. The summed E-state index contributed by atoms with van der Waals surface area (Å²) in [6.45, 7) is 4.52. The largest absolute Gasteiger partial charge is 0.340 e. The van der Waals surface area contributed by atoms with Crippen LogP contribution in [0.4, 0.5) is 0 Å². The minimum atomic E-state index is -0.435. The quantitative estimate of drug-likeness (QED) is 0.928. The van der Waals surface area contributed by atoms with Gasteiger partial charge in [0.05, 0.1) is 6.04 Å². The minimum absolute atomic E-state index is 0.00654. The summed E-state index contributed by atoms with van der Waals surface area (Å²) in [5.74, 6) is 0.144. The van der Waals surface area contributed by atoms with Gasteiger partial charge in [0.25, 0.3) is 0 Å². The smallest absolute Gasteiger partial charge is 0.239 e. The zero-order chi connectivity index (χ0) is 14.7. The molecule has 1 atom stereocenters. The van der Waals surface area contributed by atoms with E-state index in [1.54, 1.807) is 4.90 Å². The monoisotopic (exact) mass is 270 g/mol. The highest BCUT2D eigenvalue weighted by Gasteiger charge is 2.21. The van der Waals surface area contributed by atoms with Crippen LogP contribution in [0.1, 0.15) is 19.4 Å². The molecule has 0 aliphatic carbocycles. The lowest BCUT2D eigenvalue weighted by molar-refractivity contribution is -0.132. The molecule has 0 heterocycles. The van der Waals surface area contributed by atoms with E-state index in [9.17, 15) is 4.79 Å². The summed E-state index contributed by atoms with van der Waals surface area (Å²) in [6, 6.07) is 14.0. The van der Waals surface area contributed by atoms with E-state index in [4.69, 9.17) is 5.73 Å². The van der Waals surface area contributed by atoms with E-state index < -0.39 is 6.04 Å². The maximum atomic E-state index is 12.2. The third-order valence-corrected chi connectivity index (χ3v) is 3.67. The number of fused-ring (bicyclic) bond motifs is 1. The number of benzene rings is 2. The molecule has 2 rings (SSSR count). The Balaban J connectivity index is 2.22. The second kappa shape index (κ2) is 6.06. The Kier molecular flexibility index (Phi) is 4.40.